The molecule has 0 rings (SSSR count). The Morgan fingerprint density at radius 2 is 2.15 bits per heavy atom. The van der Waals surface area contributed by atoms with Crippen LogP contribution < -0.4 is 5.32 Å². The van der Waals surface area contributed by atoms with Crippen LogP contribution in [0.5, 0.6) is 0 Å². The molecular formula is C12H19N. The highest BCUT2D eigenvalue weighted by Gasteiger charge is 1.87. The van der Waals surface area contributed by atoms with Crippen LogP contribution in [0, 0.1) is 5.92 Å². The highest BCUT2D eigenvalue weighted by molar-refractivity contribution is 5.14. The molecule has 0 saturated carbocycles. The topological polar surface area (TPSA) is 12.0 Å². The van der Waals surface area contributed by atoms with Gasteiger partial charge < -0.3 is 5.32 Å². The SMILES string of the molecule is C=CC/C(=C\C=C/C(C)C=C)NC. The van der Waals surface area contributed by atoms with E-state index in [-0.39, 0.29) is 0 Å². The fourth-order valence-corrected chi connectivity index (χ4v) is 0.834. The summed E-state index contributed by atoms with van der Waals surface area (Å²) in [5.41, 5.74) is 1.17. The van der Waals surface area contributed by atoms with Gasteiger partial charge in [-0.15, -0.1) is 13.2 Å². The summed E-state index contributed by atoms with van der Waals surface area (Å²) in [5, 5.41) is 3.11. The van der Waals surface area contributed by atoms with Crippen LogP contribution in [0.2, 0.25) is 0 Å². The molecule has 1 unspecified atom stereocenters. The Morgan fingerprint density at radius 1 is 1.46 bits per heavy atom. The number of nitrogens with one attached hydrogen (secondary N) is 1. The van der Waals surface area contributed by atoms with Gasteiger partial charge in [-0.2, -0.15) is 0 Å². The molecule has 0 aliphatic rings. The second kappa shape index (κ2) is 7.41. The Bertz CT molecular complexity index is 211. The maximum atomic E-state index is 3.71. The lowest BCUT2D eigenvalue weighted by molar-refractivity contribution is 0.930. The van der Waals surface area contributed by atoms with Gasteiger partial charge in [-0.3, -0.25) is 0 Å². The van der Waals surface area contributed by atoms with Gasteiger partial charge in [0.25, 0.3) is 0 Å². The Hall–Kier alpha value is -1.24. The molecule has 0 aliphatic carbocycles. The molecule has 0 aromatic carbocycles. The zero-order valence-corrected chi connectivity index (χ0v) is 8.59. The van der Waals surface area contributed by atoms with Crippen molar-refractivity contribution in [1.82, 2.24) is 5.32 Å². The van der Waals surface area contributed by atoms with Crippen molar-refractivity contribution in [3.8, 4) is 0 Å². The number of rotatable bonds is 6. The lowest BCUT2D eigenvalue weighted by atomic mass is 10.1. The maximum absolute atomic E-state index is 3.71. The summed E-state index contributed by atoms with van der Waals surface area (Å²) in [5.74, 6) is 0.429. The van der Waals surface area contributed by atoms with Crippen molar-refractivity contribution < 1.29 is 0 Å². The number of hydrogen-bond acceptors (Lipinski definition) is 1. The third kappa shape index (κ3) is 5.97. The fourth-order valence-electron chi connectivity index (χ4n) is 0.834. The summed E-state index contributed by atoms with van der Waals surface area (Å²) < 4.78 is 0. The van der Waals surface area contributed by atoms with Crippen LogP contribution in [-0.4, -0.2) is 7.05 Å². The first-order valence-corrected chi connectivity index (χ1v) is 4.53. The molecule has 0 aromatic heterocycles. The first-order chi connectivity index (χ1) is 6.24. The first kappa shape index (κ1) is 11.8. The van der Waals surface area contributed by atoms with Gasteiger partial charge in [-0.25, -0.2) is 0 Å². The molecule has 0 aliphatic heterocycles. The van der Waals surface area contributed by atoms with Crippen molar-refractivity contribution in [3.63, 3.8) is 0 Å². The Labute approximate surface area is 81.5 Å². The average Bonchev–Trinajstić information content (AvgIpc) is 2.16. The monoisotopic (exact) mass is 177 g/mol. The van der Waals surface area contributed by atoms with Gasteiger partial charge in [0.05, 0.1) is 0 Å². The van der Waals surface area contributed by atoms with Gasteiger partial charge in [-0.1, -0.05) is 31.2 Å². The molecule has 1 nitrogen and oxygen atoms in total. The third-order valence-electron chi connectivity index (χ3n) is 1.77. The van der Waals surface area contributed by atoms with E-state index >= 15 is 0 Å². The highest BCUT2D eigenvalue weighted by atomic mass is 14.8. The van der Waals surface area contributed by atoms with Crippen LogP contribution in [0.3, 0.4) is 0 Å². The van der Waals surface area contributed by atoms with Crippen molar-refractivity contribution >= 4 is 0 Å². The molecule has 0 spiro atoms. The minimum atomic E-state index is 0.429. The molecule has 0 radical (unpaired) electrons. The van der Waals surface area contributed by atoms with Crippen LogP contribution in [0.15, 0.2) is 49.2 Å². The van der Waals surface area contributed by atoms with Gasteiger partial charge >= 0.3 is 0 Å². The van der Waals surface area contributed by atoms with Crippen molar-refractivity contribution in [3.05, 3.63) is 49.2 Å². The molecule has 0 fully saturated rings. The quantitative estimate of drug-likeness (QED) is 0.485. The van der Waals surface area contributed by atoms with E-state index in [9.17, 15) is 0 Å². The molecule has 0 aromatic rings. The fraction of sp³-hybridized carbons (Fsp3) is 0.333. The molecule has 13 heavy (non-hydrogen) atoms. The van der Waals surface area contributed by atoms with Gasteiger partial charge in [0, 0.05) is 19.2 Å². The second-order valence-corrected chi connectivity index (χ2v) is 2.91. The maximum Gasteiger partial charge on any atom is 0.0142 e. The largest absolute Gasteiger partial charge is 0.391 e. The molecule has 0 saturated heterocycles. The van der Waals surface area contributed by atoms with Crippen molar-refractivity contribution in [2.45, 2.75) is 13.3 Å². The van der Waals surface area contributed by atoms with Crippen LogP contribution in [0.1, 0.15) is 13.3 Å². The zero-order chi connectivity index (χ0) is 10.1. The molecular weight excluding hydrogens is 158 g/mol. The lowest BCUT2D eigenvalue weighted by Crippen LogP contribution is -2.03. The van der Waals surface area contributed by atoms with E-state index in [1.807, 2.05) is 25.3 Å². The Kier molecular flexibility index (Phi) is 6.70. The van der Waals surface area contributed by atoms with Crippen molar-refractivity contribution in [2.24, 2.45) is 5.92 Å². The summed E-state index contributed by atoms with van der Waals surface area (Å²) >= 11 is 0. The number of allylic oxidation sites excluding steroid dienone is 5. The van der Waals surface area contributed by atoms with E-state index in [4.69, 9.17) is 0 Å². The predicted octanol–water partition coefficient (Wildman–Crippen LogP) is 3.04. The summed E-state index contributed by atoms with van der Waals surface area (Å²) in [6, 6.07) is 0. The zero-order valence-electron chi connectivity index (χ0n) is 8.59. The van der Waals surface area contributed by atoms with Crippen LogP contribution in [0.25, 0.3) is 0 Å². The third-order valence-corrected chi connectivity index (χ3v) is 1.77. The molecule has 0 bridgehead atoms. The van der Waals surface area contributed by atoms with Crippen molar-refractivity contribution in [2.75, 3.05) is 7.05 Å². The molecule has 1 N–H and O–H groups in total. The molecule has 0 amide bonds. The van der Waals surface area contributed by atoms with Gasteiger partial charge in [0.15, 0.2) is 0 Å². The van der Waals surface area contributed by atoms with Crippen LogP contribution in [-0.2, 0) is 0 Å². The van der Waals surface area contributed by atoms with E-state index in [0.29, 0.717) is 5.92 Å². The molecule has 72 valence electrons. The lowest BCUT2D eigenvalue weighted by Gasteiger charge is -2.01. The smallest absolute Gasteiger partial charge is 0.0142 e. The van der Waals surface area contributed by atoms with E-state index in [0.717, 1.165) is 6.42 Å². The normalized spacial score (nSPS) is 14.2. The van der Waals surface area contributed by atoms with Gasteiger partial charge in [-0.05, 0) is 12.0 Å². The highest BCUT2D eigenvalue weighted by Crippen LogP contribution is 2.00. The van der Waals surface area contributed by atoms with Crippen molar-refractivity contribution in [1.29, 1.82) is 0 Å². The Balaban J connectivity index is 4.11. The second-order valence-electron chi connectivity index (χ2n) is 2.91. The predicted molar refractivity (Wildman–Crippen MR) is 60.5 cm³/mol. The van der Waals surface area contributed by atoms with Crippen LogP contribution in [0.4, 0.5) is 0 Å². The van der Waals surface area contributed by atoms with E-state index in [2.05, 4.69) is 37.6 Å². The standard InChI is InChI=1S/C12H19N/c1-5-8-12(13-4)10-7-9-11(3)6-2/h5-7,9-11,13H,1-2,8H2,3-4H3/b9-7-,12-10+. The summed E-state index contributed by atoms with van der Waals surface area (Å²) in [6.45, 7) is 9.50. The van der Waals surface area contributed by atoms with E-state index in [1.165, 1.54) is 5.70 Å². The van der Waals surface area contributed by atoms with E-state index in [1.54, 1.807) is 0 Å². The van der Waals surface area contributed by atoms with E-state index < -0.39 is 0 Å². The Morgan fingerprint density at radius 3 is 2.62 bits per heavy atom. The molecule has 1 heteroatoms. The summed E-state index contributed by atoms with van der Waals surface area (Å²) in [7, 11) is 1.92. The van der Waals surface area contributed by atoms with Gasteiger partial charge in [0.2, 0.25) is 0 Å². The molecule has 0 heterocycles. The summed E-state index contributed by atoms with van der Waals surface area (Å²) in [6.07, 6.45) is 10.9. The van der Waals surface area contributed by atoms with Crippen LogP contribution >= 0.6 is 0 Å². The average molecular weight is 177 g/mol. The molecule has 1 atom stereocenters. The number of hydrogen-bond donors (Lipinski definition) is 1. The minimum absolute atomic E-state index is 0.429. The summed E-state index contributed by atoms with van der Waals surface area (Å²) in [4.78, 5) is 0. The first-order valence-electron chi connectivity index (χ1n) is 4.53. The van der Waals surface area contributed by atoms with Gasteiger partial charge in [0.1, 0.15) is 0 Å². The minimum Gasteiger partial charge on any atom is -0.391 e.